The van der Waals surface area contributed by atoms with Gasteiger partial charge in [0.15, 0.2) is 5.65 Å². The van der Waals surface area contributed by atoms with Gasteiger partial charge >= 0.3 is 0 Å². The molecule has 0 N–H and O–H groups in total. The molecule has 0 aliphatic carbocycles. The minimum absolute atomic E-state index is 0.0596. The smallest absolute Gasteiger partial charge is 0.272 e. The van der Waals surface area contributed by atoms with Gasteiger partial charge in [-0.05, 0) is 54.3 Å². The molecule has 3 aromatic rings. The van der Waals surface area contributed by atoms with E-state index in [-0.39, 0.29) is 17.6 Å². The molecule has 1 aromatic carbocycles. The fraction of sp³-hybridized carbons (Fsp3) is 0.235. The lowest BCUT2D eigenvalue weighted by molar-refractivity contribution is 0.107. The normalized spacial score (nSPS) is 17.6. The molecule has 0 bridgehead atoms. The zero-order valence-corrected chi connectivity index (χ0v) is 13.4. The summed E-state index contributed by atoms with van der Waals surface area (Å²) in [5, 5.41) is 3.92. The van der Waals surface area contributed by atoms with E-state index < -0.39 is 5.24 Å². The highest BCUT2D eigenvalue weighted by atomic mass is 35.5. The first-order chi connectivity index (χ1) is 11.6. The van der Waals surface area contributed by atoms with Crippen molar-refractivity contribution in [1.29, 1.82) is 0 Å². The molecule has 7 heteroatoms. The Morgan fingerprint density at radius 3 is 2.96 bits per heavy atom. The number of halogens is 2. The number of hydrogen-bond donors (Lipinski definition) is 0. The second-order valence-corrected chi connectivity index (χ2v) is 6.13. The average Bonchev–Trinajstić information content (AvgIpc) is 3.21. The van der Waals surface area contributed by atoms with Crippen LogP contribution in [0.1, 0.15) is 34.9 Å². The summed E-state index contributed by atoms with van der Waals surface area (Å²) in [6, 6.07) is 10.4. The van der Waals surface area contributed by atoms with E-state index in [0.717, 1.165) is 24.9 Å². The van der Waals surface area contributed by atoms with Crippen molar-refractivity contribution in [3.8, 4) is 0 Å². The number of imidazole rings is 1. The van der Waals surface area contributed by atoms with Gasteiger partial charge in [-0.15, -0.1) is 5.10 Å². The van der Waals surface area contributed by atoms with E-state index in [1.54, 1.807) is 18.2 Å². The number of carbonyl (C=O) groups is 1. The molecular formula is C17H14ClFN4O. The molecule has 1 saturated heterocycles. The molecule has 0 spiro atoms. The molecule has 1 aliphatic heterocycles. The molecule has 4 rings (SSSR count). The van der Waals surface area contributed by atoms with Crippen LogP contribution in [0.2, 0.25) is 0 Å². The number of aromatic nitrogens is 3. The van der Waals surface area contributed by atoms with Crippen LogP contribution in [-0.4, -0.2) is 26.4 Å². The van der Waals surface area contributed by atoms with Gasteiger partial charge in [0, 0.05) is 6.54 Å². The summed E-state index contributed by atoms with van der Waals surface area (Å²) in [7, 11) is 0. The Morgan fingerprint density at radius 1 is 1.29 bits per heavy atom. The second-order valence-electron chi connectivity index (χ2n) is 5.79. The zero-order valence-electron chi connectivity index (χ0n) is 12.7. The van der Waals surface area contributed by atoms with Crippen LogP contribution >= 0.6 is 11.6 Å². The van der Waals surface area contributed by atoms with Gasteiger partial charge in [-0.25, -0.2) is 13.9 Å². The summed E-state index contributed by atoms with van der Waals surface area (Å²) in [6.07, 6.45) is 3.33. The van der Waals surface area contributed by atoms with E-state index in [4.69, 9.17) is 11.6 Å². The fourth-order valence-electron chi connectivity index (χ4n) is 3.25. The largest absolute Gasteiger partial charge is 0.348 e. The maximum Gasteiger partial charge on any atom is 0.272 e. The van der Waals surface area contributed by atoms with Crippen molar-refractivity contribution in [2.75, 3.05) is 11.4 Å². The molecule has 0 saturated carbocycles. The molecule has 1 atom stereocenters. The van der Waals surface area contributed by atoms with Crippen LogP contribution in [0.15, 0.2) is 42.6 Å². The second kappa shape index (κ2) is 5.87. The first-order valence-electron chi connectivity index (χ1n) is 7.70. The van der Waals surface area contributed by atoms with Crippen molar-refractivity contribution < 1.29 is 9.18 Å². The number of carbonyl (C=O) groups excluding carboxylic acids is 1. The fourth-order valence-corrected chi connectivity index (χ4v) is 3.38. The van der Waals surface area contributed by atoms with Crippen LogP contribution in [-0.2, 0) is 0 Å². The lowest BCUT2D eigenvalue weighted by Gasteiger charge is -2.26. The molecule has 0 unspecified atom stereocenters. The average molecular weight is 345 g/mol. The minimum Gasteiger partial charge on any atom is -0.348 e. The Bertz CT molecular complexity index is 926. The quantitative estimate of drug-likeness (QED) is 0.681. The summed E-state index contributed by atoms with van der Waals surface area (Å²) in [6.45, 7) is 0.818. The van der Waals surface area contributed by atoms with Crippen molar-refractivity contribution in [3.05, 3.63) is 59.7 Å². The van der Waals surface area contributed by atoms with E-state index >= 15 is 0 Å². The van der Waals surface area contributed by atoms with Gasteiger partial charge in [0.25, 0.3) is 5.24 Å². The van der Waals surface area contributed by atoms with Crippen LogP contribution in [0.3, 0.4) is 0 Å². The van der Waals surface area contributed by atoms with Gasteiger partial charge in [-0.3, -0.25) is 4.79 Å². The zero-order chi connectivity index (χ0) is 16.7. The van der Waals surface area contributed by atoms with E-state index in [1.807, 2.05) is 12.1 Å². The highest BCUT2D eigenvalue weighted by molar-refractivity contribution is 6.67. The van der Waals surface area contributed by atoms with Crippen LogP contribution in [0.4, 0.5) is 10.2 Å². The molecule has 0 amide bonds. The van der Waals surface area contributed by atoms with Gasteiger partial charge in [-0.2, -0.15) is 0 Å². The summed E-state index contributed by atoms with van der Waals surface area (Å²) in [4.78, 5) is 17.7. The van der Waals surface area contributed by atoms with Crippen LogP contribution < -0.4 is 4.90 Å². The molecule has 1 aliphatic rings. The topological polar surface area (TPSA) is 50.5 Å². The van der Waals surface area contributed by atoms with Crippen LogP contribution in [0.25, 0.3) is 5.65 Å². The number of nitrogens with zero attached hydrogens (tertiary/aromatic N) is 4. The molecule has 24 heavy (non-hydrogen) atoms. The van der Waals surface area contributed by atoms with E-state index in [2.05, 4.69) is 15.0 Å². The van der Waals surface area contributed by atoms with Crippen LogP contribution in [0, 0.1) is 5.82 Å². The summed E-state index contributed by atoms with van der Waals surface area (Å²) in [5.74, 6) is 0.471. The highest BCUT2D eigenvalue weighted by Crippen LogP contribution is 2.35. The van der Waals surface area contributed by atoms with Crippen molar-refractivity contribution >= 4 is 28.3 Å². The Hall–Kier alpha value is -2.47. The molecular weight excluding hydrogens is 331 g/mol. The van der Waals surface area contributed by atoms with Gasteiger partial charge in [0.05, 0.1) is 12.2 Å². The maximum absolute atomic E-state index is 13.6. The Balaban J connectivity index is 1.75. The third-order valence-corrected chi connectivity index (χ3v) is 4.52. The lowest BCUT2D eigenvalue weighted by atomic mass is 10.0. The number of benzene rings is 1. The van der Waals surface area contributed by atoms with E-state index in [9.17, 15) is 9.18 Å². The summed E-state index contributed by atoms with van der Waals surface area (Å²) < 4.78 is 15.0. The molecule has 1 fully saturated rings. The van der Waals surface area contributed by atoms with Gasteiger partial charge in [-0.1, -0.05) is 12.1 Å². The van der Waals surface area contributed by atoms with Gasteiger partial charge in [0.1, 0.15) is 17.3 Å². The van der Waals surface area contributed by atoms with Gasteiger partial charge in [0.2, 0.25) is 0 Å². The predicted molar refractivity (Wildman–Crippen MR) is 88.9 cm³/mol. The molecule has 122 valence electrons. The third kappa shape index (κ3) is 2.53. The summed E-state index contributed by atoms with van der Waals surface area (Å²) >= 11 is 5.58. The number of rotatable bonds is 3. The number of hydrogen-bond acceptors (Lipinski definition) is 4. The molecule has 0 radical (unpaired) electrons. The minimum atomic E-state index is -0.602. The SMILES string of the molecule is O=C(Cl)c1cnc2ccc(N3CCC[C@@H]3c3cccc(F)c3)nn12. The molecule has 3 heterocycles. The highest BCUT2D eigenvalue weighted by Gasteiger charge is 2.28. The maximum atomic E-state index is 13.6. The Labute approximate surface area is 142 Å². The van der Waals surface area contributed by atoms with E-state index in [1.165, 1.54) is 16.8 Å². The van der Waals surface area contributed by atoms with Crippen molar-refractivity contribution in [1.82, 2.24) is 14.6 Å². The molecule has 2 aromatic heterocycles. The predicted octanol–water partition coefficient (Wildman–Crippen LogP) is 3.59. The number of anilines is 1. The van der Waals surface area contributed by atoms with Crippen molar-refractivity contribution in [2.45, 2.75) is 18.9 Å². The lowest BCUT2D eigenvalue weighted by Crippen LogP contribution is -2.24. The molecule has 5 nitrogen and oxygen atoms in total. The third-order valence-electron chi connectivity index (χ3n) is 4.33. The first kappa shape index (κ1) is 15.1. The monoisotopic (exact) mass is 344 g/mol. The Kier molecular flexibility index (Phi) is 3.69. The van der Waals surface area contributed by atoms with Crippen molar-refractivity contribution in [2.24, 2.45) is 0 Å². The number of fused-ring (bicyclic) bond motifs is 1. The van der Waals surface area contributed by atoms with Crippen molar-refractivity contribution in [3.63, 3.8) is 0 Å². The van der Waals surface area contributed by atoms with E-state index in [0.29, 0.717) is 11.5 Å². The summed E-state index contributed by atoms with van der Waals surface area (Å²) in [5.41, 5.74) is 1.72. The van der Waals surface area contributed by atoms with Crippen LogP contribution in [0.5, 0.6) is 0 Å². The first-order valence-corrected chi connectivity index (χ1v) is 8.08. The van der Waals surface area contributed by atoms with Gasteiger partial charge < -0.3 is 4.90 Å². The standard InChI is InChI=1S/C17H14ClFN4O/c18-17(24)14-10-20-15-6-7-16(21-23(14)15)22-8-2-5-13(22)11-3-1-4-12(19)9-11/h1,3-4,6-7,9-10,13H,2,5,8H2/t13-/m1/s1. The Morgan fingerprint density at radius 2 is 2.17 bits per heavy atom.